The molecule has 6 heteroatoms. The average Bonchev–Trinajstić information content (AvgIpc) is 3.36. The number of nitrogens with one attached hydrogen (secondary N) is 2. The second-order valence-electron chi connectivity index (χ2n) is 6.12. The highest BCUT2D eigenvalue weighted by Crippen LogP contribution is 2.17. The highest BCUT2D eigenvalue weighted by molar-refractivity contribution is 7.07. The zero-order valence-electron chi connectivity index (χ0n) is 15.2. The standard InChI is InChI=1S/C20H25N5S/c1-3-21-20(22-13-16(2)17-10-12-26-15-17)23-14-18-9-11-25(24-18)19-7-5-4-6-8-19/h4-12,15-16H,3,13-14H2,1-2H3,(H2,21,22,23). The van der Waals surface area contributed by atoms with Crippen molar-refractivity contribution in [3.8, 4) is 5.69 Å². The maximum absolute atomic E-state index is 4.67. The molecule has 0 amide bonds. The summed E-state index contributed by atoms with van der Waals surface area (Å²) in [5.74, 6) is 1.27. The van der Waals surface area contributed by atoms with Gasteiger partial charge >= 0.3 is 0 Å². The fourth-order valence-electron chi connectivity index (χ4n) is 2.60. The number of para-hydroxylation sites is 1. The molecule has 0 saturated carbocycles. The van der Waals surface area contributed by atoms with Crippen molar-refractivity contribution in [2.75, 3.05) is 13.1 Å². The van der Waals surface area contributed by atoms with Gasteiger partial charge in [-0.25, -0.2) is 9.67 Å². The van der Waals surface area contributed by atoms with E-state index in [-0.39, 0.29) is 0 Å². The van der Waals surface area contributed by atoms with E-state index >= 15 is 0 Å². The minimum Gasteiger partial charge on any atom is -0.357 e. The lowest BCUT2D eigenvalue weighted by atomic mass is 10.1. The van der Waals surface area contributed by atoms with Gasteiger partial charge in [0, 0.05) is 19.3 Å². The smallest absolute Gasteiger partial charge is 0.191 e. The summed E-state index contributed by atoms with van der Waals surface area (Å²) in [7, 11) is 0. The maximum Gasteiger partial charge on any atom is 0.191 e. The van der Waals surface area contributed by atoms with Gasteiger partial charge in [0.1, 0.15) is 0 Å². The van der Waals surface area contributed by atoms with Crippen molar-refractivity contribution in [3.63, 3.8) is 0 Å². The molecule has 2 N–H and O–H groups in total. The van der Waals surface area contributed by atoms with Crippen LogP contribution in [-0.2, 0) is 6.54 Å². The van der Waals surface area contributed by atoms with Gasteiger partial charge in [-0.2, -0.15) is 16.4 Å². The monoisotopic (exact) mass is 367 g/mol. The van der Waals surface area contributed by atoms with Crippen LogP contribution in [0.5, 0.6) is 0 Å². The Morgan fingerprint density at radius 3 is 2.77 bits per heavy atom. The Hall–Kier alpha value is -2.60. The Bertz CT molecular complexity index is 808. The summed E-state index contributed by atoms with van der Waals surface area (Å²) in [5, 5.41) is 15.6. The lowest BCUT2D eigenvalue weighted by molar-refractivity contribution is 0.700. The van der Waals surface area contributed by atoms with E-state index in [2.05, 4.69) is 51.4 Å². The number of benzene rings is 1. The van der Waals surface area contributed by atoms with Crippen LogP contribution in [0.15, 0.2) is 64.4 Å². The predicted octanol–water partition coefficient (Wildman–Crippen LogP) is 3.79. The quantitative estimate of drug-likeness (QED) is 0.493. The second kappa shape index (κ2) is 9.20. The first-order valence-electron chi connectivity index (χ1n) is 8.90. The first-order chi connectivity index (χ1) is 12.8. The van der Waals surface area contributed by atoms with Gasteiger partial charge in [0.25, 0.3) is 0 Å². The van der Waals surface area contributed by atoms with Crippen LogP contribution in [0.25, 0.3) is 5.69 Å². The van der Waals surface area contributed by atoms with Crippen molar-refractivity contribution in [1.29, 1.82) is 0 Å². The van der Waals surface area contributed by atoms with Crippen molar-refractivity contribution in [1.82, 2.24) is 20.4 Å². The third-order valence-corrected chi connectivity index (χ3v) is 4.80. The SMILES string of the molecule is CCNC(=NCc1ccn(-c2ccccc2)n1)NCC(C)c1ccsc1. The van der Waals surface area contributed by atoms with Gasteiger partial charge in [-0.15, -0.1) is 0 Å². The van der Waals surface area contributed by atoms with E-state index in [1.165, 1.54) is 5.56 Å². The number of aliphatic imine (C=N–C) groups is 1. The first kappa shape index (κ1) is 18.2. The highest BCUT2D eigenvalue weighted by Gasteiger charge is 2.07. The van der Waals surface area contributed by atoms with Crippen molar-refractivity contribution in [3.05, 3.63) is 70.7 Å². The van der Waals surface area contributed by atoms with Gasteiger partial charge in [0.05, 0.1) is 17.9 Å². The van der Waals surface area contributed by atoms with Crippen LogP contribution in [0.2, 0.25) is 0 Å². The normalized spacial score (nSPS) is 12.8. The molecule has 2 heterocycles. The Kier molecular flexibility index (Phi) is 6.44. The van der Waals surface area contributed by atoms with Crippen LogP contribution in [-0.4, -0.2) is 28.8 Å². The van der Waals surface area contributed by atoms with E-state index in [0.717, 1.165) is 30.4 Å². The summed E-state index contributed by atoms with van der Waals surface area (Å²) in [6.45, 7) is 6.52. The molecule has 0 fully saturated rings. The van der Waals surface area contributed by atoms with Gasteiger partial charge in [0.15, 0.2) is 5.96 Å². The molecule has 0 bridgehead atoms. The molecule has 0 aliphatic heterocycles. The number of guanidine groups is 1. The summed E-state index contributed by atoms with van der Waals surface area (Å²) < 4.78 is 1.88. The van der Waals surface area contributed by atoms with Gasteiger partial charge in [-0.05, 0) is 53.4 Å². The molecule has 3 rings (SSSR count). The summed E-state index contributed by atoms with van der Waals surface area (Å²) >= 11 is 1.74. The van der Waals surface area contributed by atoms with Crippen molar-refractivity contribution in [2.24, 2.45) is 4.99 Å². The number of hydrogen-bond acceptors (Lipinski definition) is 3. The summed E-state index contributed by atoms with van der Waals surface area (Å²) in [5.41, 5.74) is 3.36. The van der Waals surface area contributed by atoms with Crippen molar-refractivity contribution in [2.45, 2.75) is 26.3 Å². The number of rotatable bonds is 7. The molecule has 1 aromatic carbocycles. The van der Waals surface area contributed by atoms with E-state index in [0.29, 0.717) is 12.5 Å². The number of nitrogens with zero attached hydrogens (tertiary/aromatic N) is 3. The third-order valence-electron chi connectivity index (χ3n) is 4.10. The van der Waals surface area contributed by atoms with Crippen molar-refractivity contribution < 1.29 is 0 Å². The molecule has 5 nitrogen and oxygen atoms in total. The molecule has 1 unspecified atom stereocenters. The minimum absolute atomic E-state index is 0.447. The van der Waals surface area contributed by atoms with E-state index in [9.17, 15) is 0 Å². The molecule has 0 saturated heterocycles. The molecule has 2 aromatic heterocycles. The molecule has 26 heavy (non-hydrogen) atoms. The topological polar surface area (TPSA) is 54.2 Å². The first-order valence-corrected chi connectivity index (χ1v) is 9.84. The minimum atomic E-state index is 0.447. The number of hydrogen-bond donors (Lipinski definition) is 2. The van der Waals surface area contributed by atoms with E-state index in [1.54, 1.807) is 11.3 Å². The Balaban J connectivity index is 1.59. The molecule has 0 radical (unpaired) electrons. The zero-order valence-corrected chi connectivity index (χ0v) is 16.0. The largest absolute Gasteiger partial charge is 0.357 e. The van der Waals surface area contributed by atoms with Gasteiger partial charge < -0.3 is 10.6 Å². The van der Waals surface area contributed by atoms with Crippen LogP contribution in [0.3, 0.4) is 0 Å². The molecule has 0 aliphatic rings. The number of aromatic nitrogens is 2. The lowest BCUT2D eigenvalue weighted by Crippen LogP contribution is -2.39. The van der Waals surface area contributed by atoms with Gasteiger partial charge in [-0.3, -0.25) is 0 Å². The second-order valence-corrected chi connectivity index (χ2v) is 6.90. The summed E-state index contributed by atoms with van der Waals surface area (Å²) in [6.07, 6.45) is 1.97. The third kappa shape index (κ3) is 4.95. The molecule has 0 spiro atoms. The van der Waals surface area contributed by atoms with Crippen LogP contribution < -0.4 is 10.6 Å². The summed E-state index contributed by atoms with van der Waals surface area (Å²) in [6, 6.07) is 14.3. The molecule has 136 valence electrons. The predicted molar refractivity (Wildman–Crippen MR) is 109 cm³/mol. The van der Waals surface area contributed by atoms with E-state index in [4.69, 9.17) is 0 Å². The molecule has 0 aliphatic carbocycles. The van der Waals surface area contributed by atoms with Crippen LogP contribution in [0.1, 0.15) is 31.0 Å². The lowest BCUT2D eigenvalue weighted by Gasteiger charge is -2.15. The number of thiophene rings is 1. The van der Waals surface area contributed by atoms with Crippen LogP contribution >= 0.6 is 11.3 Å². The maximum atomic E-state index is 4.67. The molecular weight excluding hydrogens is 342 g/mol. The molecule has 1 atom stereocenters. The van der Waals surface area contributed by atoms with E-state index < -0.39 is 0 Å². The fourth-order valence-corrected chi connectivity index (χ4v) is 3.38. The highest BCUT2D eigenvalue weighted by atomic mass is 32.1. The van der Waals surface area contributed by atoms with Gasteiger partial charge in [-0.1, -0.05) is 25.1 Å². The Labute approximate surface area is 158 Å². The van der Waals surface area contributed by atoms with Crippen LogP contribution in [0.4, 0.5) is 0 Å². The summed E-state index contributed by atoms with van der Waals surface area (Å²) in [4.78, 5) is 4.67. The fraction of sp³-hybridized carbons (Fsp3) is 0.300. The van der Waals surface area contributed by atoms with Crippen molar-refractivity contribution >= 4 is 17.3 Å². The Morgan fingerprint density at radius 2 is 2.04 bits per heavy atom. The Morgan fingerprint density at radius 1 is 1.19 bits per heavy atom. The molecular formula is C20H25N5S. The van der Waals surface area contributed by atoms with E-state index in [1.807, 2.05) is 47.3 Å². The molecule has 3 aromatic rings. The van der Waals surface area contributed by atoms with Crippen LogP contribution in [0, 0.1) is 0 Å². The average molecular weight is 368 g/mol. The van der Waals surface area contributed by atoms with Gasteiger partial charge in [0.2, 0.25) is 0 Å². The zero-order chi connectivity index (χ0) is 18.2.